The second kappa shape index (κ2) is 13.8. The van der Waals surface area contributed by atoms with Crippen LogP contribution in [-0.2, 0) is 18.3 Å². The standard InChI is InChI=1S/C54H43N/c1-38-34-41-20-14-15-21-42(41)35-48(38)50-36-49-47-28-16-17-29-51(47)54(43-22-8-3-9-23-43,44-24-10-4-11-25-44)52(49)37-53(50)55(45-26-12-5-13-27-45)46-32-30-40(31-33-46)39-18-6-2-7-19-39/h2-13,16-19,22-37H,14-15,20-21H2,1H3. The first-order valence-corrected chi connectivity index (χ1v) is 19.7. The van der Waals surface area contributed by atoms with Crippen LogP contribution in [0.15, 0.2) is 194 Å². The van der Waals surface area contributed by atoms with Gasteiger partial charge in [0.15, 0.2) is 0 Å². The third kappa shape index (κ3) is 5.53. The Labute approximate surface area is 325 Å². The molecule has 0 heterocycles. The predicted molar refractivity (Wildman–Crippen MR) is 231 cm³/mol. The van der Waals surface area contributed by atoms with Crippen molar-refractivity contribution in [3.05, 3.63) is 233 Å². The van der Waals surface area contributed by atoms with Gasteiger partial charge in [-0.15, -0.1) is 0 Å². The van der Waals surface area contributed by atoms with Gasteiger partial charge in [-0.05, 0) is 136 Å². The molecule has 0 saturated carbocycles. The second-order valence-corrected chi connectivity index (χ2v) is 15.2. The molecule has 1 heteroatoms. The van der Waals surface area contributed by atoms with Crippen LogP contribution in [-0.4, -0.2) is 0 Å². The minimum absolute atomic E-state index is 0.508. The average Bonchev–Trinajstić information content (AvgIpc) is 3.55. The molecule has 0 atom stereocenters. The molecular weight excluding hydrogens is 663 g/mol. The van der Waals surface area contributed by atoms with Crippen molar-refractivity contribution in [1.82, 2.24) is 0 Å². The van der Waals surface area contributed by atoms with E-state index in [2.05, 4.69) is 206 Å². The van der Waals surface area contributed by atoms with Crippen LogP contribution in [0.3, 0.4) is 0 Å². The van der Waals surface area contributed by atoms with Gasteiger partial charge in [0.1, 0.15) is 0 Å². The molecule has 2 aliphatic carbocycles. The number of rotatable bonds is 7. The van der Waals surface area contributed by atoms with Crippen molar-refractivity contribution in [1.29, 1.82) is 0 Å². The molecule has 0 saturated heterocycles. The zero-order chi connectivity index (χ0) is 36.8. The van der Waals surface area contributed by atoms with Crippen LogP contribution in [0.4, 0.5) is 17.1 Å². The van der Waals surface area contributed by atoms with Gasteiger partial charge in [-0.3, -0.25) is 0 Å². The number of hydrogen-bond acceptors (Lipinski definition) is 1. The van der Waals surface area contributed by atoms with Gasteiger partial charge in [0.05, 0.1) is 11.1 Å². The molecule has 1 nitrogen and oxygen atoms in total. The Kier molecular flexibility index (Phi) is 8.29. The summed E-state index contributed by atoms with van der Waals surface area (Å²) >= 11 is 0. The summed E-state index contributed by atoms with van der Waals surface area (Å²) < 4.78 is 0. The number of hydrogen-bond donors (Lipinski definition) is 0. The highest BCUT2D eigenvalue weighted by Gasteiger charge is 2.47. The fraction of sp³-hybridized carbons (Fsp3) is 0.111. The summed E-state index contributed by atoms with van der Waals surface area (Å²) in [6.07, 6.45) is 4.83. The van der Waals surface area contributed by atoms with E-state index >= 15 is 0 Å². The Balaban J connectivity index is 1.31. The highest BCUT2D eigenvalue weighted by atomic mass is 15.1. The molecule has 0 bridgehead atoms. The molecule has 0 aromatic heterocycles. The number of anilines is 3. The normalized spacial score (nSPS) is 13.8. The monoisotopic (exact) mass is 705 g/mol. The van der Waals surface area contributed by atoms with E-state index in [-0.39, 0.29) is 0 Å². The Bertz CT molecular complexity index is 2590. The van der Waals surface area contributed by atoms with Gasteiger partial charge in [0, 0.05) is 16.9 Å². The highest BCUT2D eigenvalue weighted by Crippen LogP contribution is 2.59. The van der Waals surface area contributed by atoms with Crippen molar-refractivity contribution in [2.75, 3.05) is 4.90 Å². The Morgan fingerprint density at radius 2 is 0.927 bits per heavy atom. The minimum Gasteiger partial charge on any atom is -0.310 e. The molecule has 0 amide bonds. The Morgan fingerprint density at radius 1 is 0.400 bits per heavy atom. The molecule has 8 aromatic carbocycles. The van der Waals surface area contributed by atoms with E-state index in [1.54, 1.807) is 0 Å². The van der Waals surface area contributed by atoms with Gasteiger partial charge in [0.25, 0.3) is 0 Å². The molecule has 0 unspecified atom stereocenters. The maximum atomic E-state index is 2.54. The predicted octanol–water partition coefficient (Wildman–Crippen LogP) is 14.0. The number of fused-ring (bicyclic) bond motifs is 4. The lowest BCUT2D eigenvalue weighted by molar-refractivity contribution is 0.685. The van der Waals surface area contributed by atoms with Crippen molar-refractivity contribution in [2.45, 2.75) is 38.0 Å². The first-order chi connectivity index (χ1) is 27.2. The molecule has 0 fully saturated rings. The van der Waals surface area contributed by atoms with Crippen molar-refractivity contribution >= 4 is 17.1 Å². The maximum absolute atomic E-state index is 2.54. The first-order valence-electron chi connectivity index (χ1n) is 19.7. The molecule has 55 heavy (non-hydrogen) atoms. The summed E-state index contributed by atoms with van der Waals surface area (Å²) in [7, 11) is 0. The third-order valence-electron chi connectivity index (χ3n) is 12.0. The van der Waals surface area contributed by atoms with E-state index in [1.807, 2.05) is 0 Å². The zero-order valence-corrected chi connectivity index (χ0v) is 31.3. The summed E-state index contributed by atoms with van der Waals surface area (Å²) in [6, 6.07) is 72.2. The van der Waals surface area contributed by atoms with Crippen molar-refractivity contribution in [2.24, 2.45) is 0 Å². The summed E-state index contributed by atoms with van der Waals surface area (Å²) in [6.45, 7) is 2.31. The second-order valence-electron chi connectivity index (χ2n) is 15.2. The molecule has 8 aromatic rings. The molecule has 2 aliphatic rings. The molecule has 0 radical (unpaired) electrons. The van der Waals surface area contributed by atoms with Gasteiger partial charge in [-0.1, -0.05) is 158 Å². The number of aryl methyl sites for hydroxylation is 3. The van der Waals surface area contributed by atoms with Crippen molar-refractivity contribution < 1.29 is 0 Å². The Morgan fingerprint density at radius 3 is 1.58 bits per heavy atom. The van der Waals surface area contributed by atoms with E-state index in [4.69, 9.17) is 0 Å². The van der Waals surface area contributed by atoms with E-state index < -0.39 is 5.41 Å². The fourth-order valence-corrected chi connectivity index (χ4v) is 9.51. The van der Waals surface area contributed by atoms with E-state index in [0.717, 1.165) is 17.8 Å². The zero-order valence-electron chi connectivity index (χ0n) is 31.3. The summed E-state index contributed by atoms with van der Waals surface area (Å²) in [5.74, 6) is 0. The summed E-state index contributed by atoms with van der Waals surface area (Å²) in [5, 5.41) is 0. The SMILES string of the molecule is Cc1cc2c(cc1-c1cc3c(cc1N(c1ccccc1)c1ccc(-c4ccccc4)cc1)C(c1ccccc1)(c1ccccc1)c1ccccc1-3)CCCC2. The quantitative estimate of drug-likeness (QED) is 0.160. The third-order valence-corrected chi connectivity index (χ3v) is 12.0. The number of para-hydroxylation sites is 1. The molecule has 264 valence electrons. The lowest BCUT2D eigenvalue weighted by Gasteiger charge is -2.35. The van der Waals surface area contributed by atoms with E-state index in [0.29, 0.717) is 0 Å². The van der Waals surface area contributed by atoms with Crippen molar-refractivity contribution in [3.63, 3.8) is 0 Å². The van der Waals surface area contributed by atoms with Crippen molar-refractivity contribution in [3.8, 4) is 33.4 Å². The van der Waals surface area contributed by atoms with Gasteiger partial charge in [0.2, 0.25) is 0 Å². The lowest BCUT2D eigenvalue weighted by atomic mass is 9.67. The highest BCUT2D eigenvalue weighted by molar-refractivity contribution is 5.97. The average molecular weight is 706 g/mol. The molecule has 0 aliphatic heterocycles. The van der Waals surface area contributed by atoms with Crippen LogP contribution < -0.4 is 4.90 Å². The summed E-state index contributed by atoms with van der Waals surface area (Å²) in [4.78, 5) is 2.49. The van der Waals surface area contributed by atoms with E-state index in [1.165, 1.54) is 97.3 Å². The maximum Gasteiger partial charge on any atom is 0.0714 e. The van der Waals surface area contributed by atoms with Gasteiger partial charge in [-0.2, -0.15) is 0 Å². The first kappa shape index (κ1) is 33.2. The molecule has 0 spiro atoms. The van der Waals surface area contributed by atoms with Crippen LogP contribution in [0, 0.1) is 6.92 Å². The lowest BCUT2D eigenvalue weighted by Crippen LogP contribution is -2.28. The molecule has 10 rings (SSSR count). The van der Waals surface area contributed by atoms with E-state index in [9.17, 15) is 0 Å². The van der Waals surface area contributed by atoms with Gasteiger partial charge >= 0.3 is 0 Å². The summed E-state index contributed by atoms with van der Waals surface area (Å²) in [5.41, 5.74) is 20.1. The number of benzene rings is 8. The van der Waals surface area contributed by atoms with Gasteiger partial charge < -0.3 is 4.90 Å². The number of nitrogens with zero attached hydrogens (tertiary/aromatic N) is 1. The van der Waals surface area contributed by atoms with Crippen LogP contribution in [0.25, 0.3) is 33.4 Å². The van der Waals surface area contributed by atoms with Crippen LogP contribution in [0.2, 0.25) is 0 Å². The van der Waals surface area contributed by atoms with Crippen LogP contribution in [0.5, 0.6) is 0 Å². The minimum atomic E-state index is -0.508. The topological polar surface area (TPSA) is 3.24 Å². The largest absolute Gasteiger partial charge is 0.310 e. The Hall–Kier alpha value is -6.44. The van der Waals surface area contributed by atoms with Gasteiger partial charge in [-0.25, -0.2) is 0 Å². The van der Waals surface area contributed by atoms with Crippen LogP contribution in [0.1, 0.15) is 51.8 Å². The van der Waals surface area contributed by atoms with Crippen LogP contribution >= 0.6 is 0 Å². The molecule has 0 N–H and O–H groups in total. The molecular formula is C54H43N. The fourth-order valence-electron chi connectivity index (χ4n) is 9.51. The smallest absolute Gasteiger partial charge is 0.0714 e.